The second-order valence-corrected chi connectivity index (χ2v) is 6.16. The molecule has 1 aliphatic heterocycles. The summed E-state index contributed by atoms with van der Waals surface area (Å²) >= 11 is 3.51. The van der Waals surface area contributed by atoms with Crippen molar-refractivity contribution in [1.82, 2.24) is 9.88 Å². The SMILES string of the molecule is Cn1cc(CC2CNCCC2=O)c2ccc(Br)cc21. The van der Waals surface area contributed by atoms with Gasteiger partial charge in [-0.05, 0) is 24.1 Å². The second kappa shape index (κ2) is 5.10. The number of Topliss-reactive ketones (excluding diaryl/α,β-unsaturated/α-hetero) is 1. The van der Waals surface area contributed by atoms with Gasteiger partial charge in [-0.3, -0.25) is 4.79 Å². The summed E-state index contributed by atoms with van der Waals surface area (Å²) in [6, 6.07) is 6.32. The first-order valence-corrected chi connectivity index (χ1v) is 7.41. The molecule has 2 aromatic rings. The number of nitrogens with one attached hydrogen (secondary N) is 1. The minimum absolute atomic E-state index is 0.128. The van der Waals surface area contributed by atoms with Crippen LogP contribution < -0.4 is 5.32 Å². The molecule has 1 fully saturated rings. The van der Waals surface area contributed by atoms with Crippen molar-refractivity contribution in [3.05, 3.63) is 34.4 Å². The van der Waals surface area contributed by atoms with Gasteiger partial charge >= 0.3 is 0 Å². The van der Waals surface area contributed by atoms with E-state index in [0.717, 1.165) is 24.0 Å². The quantitative estimate of drug-likeness (QED) is 0.923. The number of halogens is 1. The molecule has 1 saturated heterocycles. The van der Waals surface area contributed by atoms with Crippen LogP contribution in [0.5, 0.6) is 0 Å². The van der Waals surface area contributed by atoms with E-state index in [0.29, 0.717) is 12.2 Å². The molecule has 1 aromatic carbocycles. The monoisotopic (exact) mass is 320 g/mol. The summed E-state index contributed by atoms with van der Waals surface area (Å²) in [7, 11) is 2.05. The van der Waals surface area contributed by atoms with Gasteiger partial charge in [-0.25, -0.2) is 0 Å². The third-order valence-corrected chi connectivity index (χ3v) is 4.39. The molecule has 3 nitrogen and oxygen atoms in total. The van der Waals surface area contributed by atoms with Crippen LogP contribution in [-0.4, -0.2) is 23.4 Å². The van der Waals surface area contributed by atoms with Crippen molar-refractivity contribution in [2.75, 3.05) is 13.1 Å². The fourth-order valence-corrected chi connectivity index (χ4v) is 3.21. The molecule has 0 spiro atoms. The maximum Gasteiger partial charge on any atom is 0.138 e. The number of carbonyl (C=O) groups is 1. The minimum atomic E-state index is 0.128. The molecule has 1 aromatic heterocycles. The summed E-state index contributed by atoms with van der Waals surface area (Å²) < 4.78 is 3.22. The Hall–Kier alpha value is -1.13. The maximum absolute atomic E-state index is 11.9. The Balaban J connectivity index is 1.94. The molecule has 100 valence electrons. The first-order chi connectivity index (χ1) is 9.15. The van der Waals surface area contributed by atoms with Gasteiger partial charge in [0, 0.05) is 54.0 Å². The number of piperidine rings is 1. The number of aromatic nitrogens is 1. The molecule has 0 aliphatic carbocycles. The molecule has 0 radical (unpaired) electrons. The lowest BCUT2D eigenvalue weighted by molar-refractivity contribution is -0.123. The number of fused-ring (bicyclic) bond motifs is 1. The lowest BCUT2D eigenvalue weighted by atomic mass is 9.91. The molecule has 1 atom stereocenters. The number of hydrogen-bond donors (Lipinski definition) is 1. The Morgan fingerprint density at radius 1 is 1.47 bits per heavy atom. The van der Waals surface area contributed by atoms with Crippen molar-refractivity contribution in [2.24, 2.45) is 13.0 Å². The van der Waals surface area contributed by atoms with Crippen molar-refractivity contribution in [3.8, 4) is 0 Å². The van der Waals surface area contributed by atoms with Crippen LogP contribution in [0, 0.1) is 5.92 Å². The predicted octanol–water partition coefficient (Wildman–Crippen LogP) is 2.66. The largest absolute Gasteiger partial charge is 0.350 e. The van der Waals surface area contributed by atoms with E-state index in [1.54, 1.807) is 0 Å². The molecule has 4 heteroatoms. The van der Waals surface area contributed by atoms with Gasteiger partial charge in [0.15, 0.2) is 0 Å². The lowest BCUT2D eigenvalue weighted by Gasteiger charge is -2.21. The molecule has 0 saturated carbocycles. The zero-order valence-corrected chi connectivity index (χ0v) is 12.5. The third kappa shape index (κ3) is 2.47. The number of carbonyl (C=O) groups excluding carboxylic acids is 1. The second-order valence-electron chi connectivity index (χ2n) is 5.25. The predicted molar refractivity (Wildman–Crippen MR) is 80.3 cm³/mol. The average molecular weight is 321 g/mol. The Labute approximate surface area is 121 Å². The molecular formula is C15H17BrN2O. The summed E-state index contributed by atoms with van der Waals surface area (Å²) in [6.45, 7) is 1.64. The highest BCUT2D eigenvalue weighted by molar-refractivity contribution is 9.10. The van der Waals surface area contributed by atoms with Gasteiger partial charge in [-0.2, -0.15) is 0 Å². The number of ketones is 1. The van der Waals surface area contributed by atoms with Crippen molar-refractivity contribution in [1.29, 1.82) is 0 Å². The topological polar surface area (TPSA) is 34.0 Å². The van der Waals surface area contributed by atoms with Gasteiger partial charge in [-0.15, -0.1) is 0 Å². The standard InChI is InChI=1S/C15H17BrN2O/c1-18-9-11(6-10-8-17-5-4-15(10)19)13-3-2-12(16)7-14(13)18/h2-3,7,9-10,17H,4-6,8H2,1H3. The lowest BCUT2D eigenvalue weighted by Crippen LogP contribution is -2.37. The molecular weight excluding hydrogens is 304 g/mol. The van der Waals surface area contributed by atoms with E-state index in [4.69, 9.17) is 0 Å². The first kappa shape index (κ1) is 12.9. The maximum atomic E-state index is 11.9. The Kier molecular flexibility index (Phi) is 3.46. The first-order valence-electron chi connectivity index (χ1n) is 6.62. The van der Waals surface area contributed by atoms with Crippen LogP contribution in [0.1, 0.15) is 12.0 Å². The summed E-state index contributed by atoms with van der Waals surface area (Å²) in [5, 5.41) is 4.57. The van der Waals surface area contributed by atoms with E-state index in [1.165, 1.54) is 16.5 Å². The fraction of sp³-hybridized carbons (Fsp3) is 0.400. The van der Waals surface area contributed by atoms with E-state index < -0.39 is 0 Å². The summed E-state index contributed by atoms with van der Waals surface area (Å²) in [6.07, 6.45) is 3.66. The Morgan fingerprint density at radius 2 is 2.32 bits per heavy atom. The Morgan fingerprint density at radius 3 is 3.11 bits per heavy atom. The van der Waals surface area contributed by atoms with Crippen LogP contribution in [0.25, 0.3) is 10.9 Å². The zero-order chi connectivity index (χ0) is 13.4. The molecule has 0 bridgehead atoms. The molecule has 1 N–H and O–H groups in total. The van der Waals surface area contributed by atoms with Crippen LogP contribution in [0.3, 0.4) is 0 Å². The normalized spacial score (nSPS) is 20.1. The van der Waals surface area contributed by atoms with Crippen molar-refractivity contribution in [2.45, 2.75) is 12.8 Å². The number of nitrogens with zero attached hydrogens (tertiary/aromatic N) is 1. The summed E-state index contributed by atoms with van der Waals surface area (Å²) in [5.74, 6) is 0.524. The van der Waals surface area contributed by atoms with E-state index in [-0.39, 0.29) is 5.92 Å². The van der Waals surface area contributed by atoms with Crippen molar-refractivity contribution in [3.63, 3.8) is 0 Å². The molecule has 0 amide bonds. The van der Waals surface area contributed by atoms with Crippen LogP contribution in [0.4, 0.5) is 0 Å². The average Bonchev–Trinajstić information content (AvgIpc) is 2.69. The number of benzene rings is 1. The van der Waals surface area contributed by atoms with Crippen LogP contribution >= 0.6 is 15.9 Å². The molecule has 1 unspecified atom stereocenters. The van der Waals surface area contributed by atoms with Crippen molar-refractivity contribution < 1.29 is 4.79 Å². The molecule has 3 rings (SSSR count). The van der Waals surface area contributed by atoms with E-state index >= 15 is 0 Å². The highest BCUT2D eigenvalue weighted by atomic mass is 79.9. The van der Waals surface area contributed by atoms with Crippen LogP contribution in [0.2, 0.25) is 0 Å². The smallest absolute Gasteiger partial charge is 0.138 e. The van der Waals surface area contributed by atoms with E-state index in [2.05, 4.69) is 57.3 Å². The number of aryl methyl sites for hydroxylation is 1. The molecule has 1 aliphatic rings. The van der Waals surface area contributed by atoms with Crippen LogP contribution in [-0.2, 0) is 18.3 Å². The fourth-order valence-electron chi connectivity index (χ4n) is 2.86. The van der Waals surface area contributed by atoms with E-state index in [1.807, 2.05) is 0 Å². The van der Waals surface area contributed by atoms with Crippen molar-refractivity contribution >= 4 is 32.6 Å². The van der Waals surface area contributed by atoms with Crippen LogP contribution in [0.15, 0.2) is 28.9 Å². The third-order valence-electron chi connectivity index (χ3n) is 3.90. The highest BCUT2D eigenvalue weighted by Gasteiger charge is 2.23. The van der Waals surface area contributed by atoms with Gasteiger partial charge in [0.2, 0.25) is 0 Å². The minimum Gasteiger partial charge on any atom is -0.350 e. The van der Waals surface area contributed by atoms with Gasteiger partial charge in [-0.1, -0.05) is 22.0 Å². The number of rotatable bonds is 2. The van der Waals surface area contributed by atoms with Gasteiger partial charge < -0.3 is 9.88 Å². The van der Waals surface area contributed by atoms with Gasteiger partial charge in [0.05, 0.1) is 0 Å². The van der Waals surface area contributed by atoms with E-state index in [9.17, 15) is 4.79 Å². The zero-order valence-electron chi connectivity index (χ0n) is 10.9. The van der Waals surface area contributed by atoms with Gasteiger partial charge in [0.25, 0.3) is 0 Å². The summed E-state index contributed by atoms with van der Waals surface area (Å²) in [5.41, 5.74) is 2.48. The summed E-state index contributed by atoms with van der Waals surface area (Å²) in [4.78, 5) is 11.9. The Bertz CT molecular complexity index is 632. The van der Waals surface area contributed by atoms with Gasteiger partial charge in [0.1, 0.15) is 5.78 Å². The molecule has 19 heavy (non-hydrogen) atoms. The molecule has 2 heterocycles. The number of hydrogen-bond acceptors (Lipinski definition) is 2. The highest BCUT2D eigenvalue weighted by Crippen LogP contribution is 2.26.